The van der Waals surface area contributed by atoms with Gasteiger partial charge in [-0.05, 0) is 12.8 Å². The summed E-state index contributed by atoms with van der Waals surface area (Å²) in [6.07, 6.45) is 15.3. The van der Waals surface area contributed by atoms with Gasteiger partial charge in [0, 0.05) is 6.42 Å². The molecule has 0 aromatic rings. The molecule has 0 spiro atoms. The van der Waals surface area contributed by atoms with Gasteiger partial charge in [0.25, 0.3) is 0 Å². The highest BCUT2D eigenvalue weighted by Gasteiger charge is 2.51. The molecule has 14 heteroatoms. The highest BCUT2D eigenvalue weighted by Crippen LogP contribution is 2.30. The Hall–Kier alpha value is -1.01. The molecule has 0 radical (unpaired) electrons. The summed E-state index contributed by atoms with van der Waals surface area (Å²) in [5.41, 5.74) is 0. The number of hydrogen-bond acceptors (Lipinski definition) is 13. The molecule has 0 aromatic heterocycles. The Morgan fingerprint density at radius 3 is 1.42 bits per heavy atom. The second kappa shape index (κ2) is 34.4. The lowest BCUT2D eigenvalue weighted by molar-refractivity contribution is -0.359. The Labute approximate surface area is 362 Å². The van der Waals surface area contributed by atoms with Gasteiger partial charge >= 0.3 is 0 Å². The van der Waals surface area contributed by atoms with Crippen molar-refractivity contribution >= 4 is 5.91 Å². The van der Waals surface area contributed by atoms with Gasteiger partial charge in [0.1, 0.15) is 48.8 Å². The van der Waals surface area contributed by atoms with Crippen molar-refractivity contribution in [2.45, 2.75) is 267 Å². The van der Waals surface area contributed by atoms with Crippen molar-refractivity contribution in [3.05, 3.63) is 0 Å². The van der Waals surface area contributed by atoms with Crippen LogP contribution in [0.4, 0.5) is 0 Å². The van der Waals surface area contributed by atoms with Crippen LogP contribution in [0.1, 0.15) is 194 Å². The van der Waals surface area contributed by atoms with Crippen LogP contribution in [0.5, 0.6) is 0 Å². The molecule has 2 heterocycles. The van der Waals surface area contributed by atoms with Gasteiger partial charge in [0.2, 0.25) is 5.91 Å². The van der Waals surface area contributed by atoms with E-state index in [1.165, 1.54) is 116 Å². The molecule has 4 unspecified atom stereocenters. The zero-order chi connectivity index (χ0) is 44.0. The summed E-state index contributed by atoms with van der Waals surface area (Å²) >= 11 is 0. The molecular weight excluding hydrogens is 774 g/mol. The number of unbranched alkanes of at least 4 members (excludes halogenated alkanes) is 24. The maximum atomic E-state index is 13.1. The number of carbonyl (C=O) groups is 1. The van der Waals surface area contributed by atoms with E-state index in [1.807, 2.05) is 0 Å². The molecular formula is C46H89NO13. The second-order valence-corrected chi connectivity index (χ2v) is 17.6. The predicted molar refractivity (Wildman–Crippen MR) is 231 cm³/mol. The van der Waals surface area contributed by atoms with E-state index in [4.69, 9.17) is 18.9 Å². The van der Waals surface area contributed by atoms with Gasteiger partial charge in [-0.2, -0.15) is 0 Å². The van der Waals surface area contributed by atoms with Crippen LogP contribution in [0.2, 0.25) is 0 Å². The third kappa shape index (κ3) is 22.1. The van der Waals surface area contributed by atoms with E-state index in [-0.39, 0.29) is 12.5 Å². The lowest BCUT2D eigenvalue weighted by Crippen LogP contribution is -2.65. The monoisotopic (exact) mass is 864 g/mol. The predicted octanol–water partition coefficient (Wildman–Crippen LogP) is 5.44. The molecule has 2 aliphatic heterocycles. The Morgan fingerprint density at radius 1 is 0.533 bits per heavy atom. The van der Waals surface area contributed by atoms with Gasteiger partial charge < -0.3 is 65.1 Å². The third-order valence-corrected chi connectivity index (χ3v) is 12.3. The van der Waals surface area contributed by atoms with Crippen LogP contribution in [-0.4, -0.2) is 140 Å². The number of rotatable bonds is 37. The van der Waals surface area contributed by atoms with Crippen molar-refractivity contribution in [3.8, 4) is 0 Å². The molecule has 2 aliphatic rings. The SMILES string of the molecule is CCCCCCCCCCCCCCCC(=O)N[C@@H](CO[C@@H]1OC(CO)[C@@H](O[C@@H]2OC(CO)[C@H](O)[C@H](O)C2O)[C@H](O)C1O)[C@H](O)CCCCCCCCCCCCCCC. The lowest BCUT2D eigenvalue weighted by atomic mass is 9.97. The van der Waals surface area contributed by atoms with Crippen molar-refractivity contribution in [1.82, 2.24) is 5.32 Å². The maximum absolute atomic E-state index is 13.1. The zero-order valence-electron chi connectivity index (χ0n) is 37.5. The smallest absolute Gasteiger partial charge is 0.220 e. The van der Waals surface area contributed by atoms with Crippen LogP contribution >= 0.6 is 0 Å². The highest BCUT2D eigenvalue weighted by molar-refractivity contribution is 5.76. The molecule has 2 fully saturated rings. The summed E-state index contributed by atoms with van der Waals surface area (Å²) in [7, 11) is 0. The average Bonchev–Trinajstić information content (AvgIpc) is 3.24. The van der Waals surface area contributed by atoms with Gasteiger partial charge in [-0.1, -0.05) is 174 Å². The van der Waals surface area contributed by atoms with E-state index in [9.17, 15) is 45.6 Å². The summed E-state index contributed by atoms with van der Waals surface area (Å²) in [6.45, 7) is 2.84. The molecule has 2 rings (SSSR count). The van der Waals surface area contributed by atoms with Gasteiger partial charge in [0.15, 0.2) is 12.6 Å². The van der Waals surface area contributed by atoms with E-state index < -0.39 is 86.8 Å². The van der Waals surface area contributed by atoms with Crippen LogP contribution in [0.25, 0.3) is 0 Å². The number of aliphatic hydroxyl groups is 8. The first-order valence-corrected chi connectivity index (χ1v) is 24.3. The Kier molecular flexibility index (Phi) is 31.6. The van der Waals surface area contributed by atoms with Crippen molar-refractivity contribution in [2.75, 3.05) is 19.8 Å². The number of ether oxygens (including phenoxy) is 4. The normalized spacial score (nSPS) is 28.2. The van der Waals surface area contributed by atoms with Crippen molar-refractivity contribution < 1.29 is 64.6 Å². The minimum Gasteiger partial charge on any atom is -0.394 e. The van der Waals surface area contributed by atoms with Gasteiger partial charge in [-0.3, -0.25) is 4.79 Å². The second-order valence-electron chi connectivity index (χ2n) is 17.6. The Balaban J connectivity index is 1.86. The van der Waals surface area contributed by atoms with Crippen LogP contribution in [0.3, 0.4) is 0 Å². The third-order valence-electron chi connectivity index (χ3n) is 12.3. The number of amides is 1. The quantitative estimate of drug-likeness (QED) is 0.0356. The first-order chi connectivity index (χ1) is 29.1. The Morgan fingerprint density at radius 2 is 0.950 bits per heavy atom. The zero-order valence-corrected chi connectivity index (χ0v) is 37.5. The molecule has 12 atom stereocenters. The standard InChI is InChI=1S/C46H89NO13/c1-3-5-7-9-11-13-15-17-19-21-23-25-27-29-35(50)34(47-38(51)30-28-26-24-22-20-18-16-14-12-10-8-6-4-2)33-57-45-43(56)41(54)44(37(32-49)59-45)60-46-42(55)40(53)39(52)36(31-48)58-46/h34-37,39-46,48-50,52-56H,3-33H2,1-2H3,(H,47,51)/t34-,35+,36?,37?,39-,40-,41+,42?,43?,44+,45+,46-/m0/s1. The summed E-state index contributed by atoms with van der Waals surface area (Å²) in [5, 5.41) is 86.7. The molecule has 356 valence electrons. The summed E-state index contributed by atoms with van der Waals surface area (Å²) in [6, 6.07) is -0.819. The molecule has 60 heavy (non-hydrogen) atoms. The molecule has 0 saturated carbocycles. The van der Waals surface area contributed by atoms with Crippen molar-refractivity contribution in [3.63, 3.8) is 0 Å². The highest BCUT2D eigenvalue weighted by atomic mass is 16.7. The van der Waals surface area contributed by atoms with E-state index in [1.54, 1.807) is 0 Å². The summed E-state index contributed by atoms with van der Waals surface area (Å²) in [4.78, 5) is 13.1. The number of carbonyl (C=O) groups excluding carboxylic acids is 1. The van der Waals surface area contributed by atoms with Crippen LogP contribution in [0.15, 0.2) is 0 Å². The summed E-state index contributed by atoms with van der Waals surface area (Å²) < 4.78 is 22.7. The lowest BCUT2D eigenvalue weighted by Gasteiger charge is -2.46. The van der Waals surface area contributed by atoms with Gasteiger partial charge in [0.05, 0.1) is 32.0 Å². The van der Waals surface area contributed by atoms with E-state index in [0.717, 1.165) is 51.4 Å². The number of nitrogens with one attached hydrogen (secondary N) is 1. The van der Waals surface area contributed by atoms with Crippen LogP contribution in [-0.2, 0) is 23.7 Å². The van der Waals surface area contributed by atoms with Crippen molar-refractivity contribution in [1.29, 1.82) is 0 Å². The number of hydrogen-bond donors (Lipinski definition) is 9. The fourth-order valence-electron chi connectivity index (χ4n) is 8.30. The first-order valence-electron chi connectivity index (χ1n) is 24.3. The minimum absolute atomic E-state index is 0.206. The van der Waals surface area contributed by atoms with E-state index >= 15 is 0 Å². The summed E-state index contributed by atoms with van der Waals surface area (Å²) in [5.74, 6) is -0.206. The van der Waals surface area contributed by atoms with Crippen LogP contribution in [0, 0.1) is 0 Å². The minimum atomic E-state index is -1.78. The number of aliphatic hydroxyl groups excluding tert-OH is 8. The van der Waals surface area contributed by atoms with E-state index in [0.29, 0.717) is 12.8 Å². The average molecular weight is 864 g/mol. The fourth-order valence-corrected chi connectivity index (χ4v) is 8.30. The molecule has 9 N–H and O–H groups in total. The maximum Gasteiger partial charge on any atom is 0.220 e. The molecule has 0 aromatic carbocycles. The van der Waals surface area contributed by atoms with E-state index in [2.05, 4.69) is 19.2 Å². The molecule has 2 saturated heterocycles. The first kappa shape index (κ1) is 55.1. The molecule has 1 amide bonds. The van der Waals surface area contributed by atoms with Crippen LogP contribution < -0.4 is 5.32 Å². The van der Waals surface area contributed by atoms with Crippen molar-refractivity contribution in [2.24, 2.45) is 0 Å². The largest absolute Gasteiger partial charge is 0.394 e. The topological polar surface area (TPSA) is 228 Å². The van der Waals surface area contributed by atoms with Gasteiger partial charge in [-0.25, -0.2) is 0 Å². The Bertz CT molecular complexity index is 1020. The van der Waals surface area contributed by atoms with Gasteiger partial charge in [-0.15, -0.1) is 0 Å². The fraction of sp³-hybridized carbons (Fsp3) is 0.978. The molecule has 14 nitrogen and oxygen atoms in total. The molecule has 0 bridgehead atoms. The molecule has 0 aliphatic carbocycles.